The van der Waals surface area contributed by atoms with Crippen LogP contribution in [-0.2, 0) is 11.3 Å². The normalized spacial score (nSPS) is 16.6. The van der Waals surface area contributed by atoms with Crippen LogP contribution in [0.15, 0.2) is 42.6 Å². The van der Waals surface area contributed by atoms with Crippen molar-refractivity contribution >= 4 is 5.91 Å². The van der Waals surface area contributed by atoms with Crippen molar-refractivity contribution in [3.8, 4) is 17.4 Å². The summed E-state index contributed by atoms with van der Waals surface area (Å²) in [5, 5.41) is 12.5. The molecule has 2 N–H and O–H groups in total. The van der Waals surface area contributed by atoms with E-state index in [2.05, 4.69) is 15.2 Å². The Morgan fingerprint density at radius 1 is 1.12 bits per heavy atom. The Morgan fingerprint density at radius 2 is 1.91 bits per heavy atom. The van der Waals surface area contributed by atoms with E-state index in [0.29, 0.717) is 30.5 Å². The molecule has 1 aliphatic heterocycles. The van der Waals surface area contributed by atoms with Gasteiger partial charge >= 0.3 is 0 Å². The molecule has 0 fully saturated rings. The van der Waals surface area contributed by atoms with E-state index in [1.165, 1.54) is 0 Å². The average Bonchev–Trinajstić information content (AvgIpc) is 2.78. The van der Waals surface area contributed by atoms with Crippen LogP contribution in [0.1, 0.15) is 45.1 Å². The summed E-state index contributed by atoms with van der Waals surface area (Å²) in [5.41, 5.74) is 0.912. The number of pyridine rings is 1. The Bertz CT molecular complexity index is 859. The molecule has 1 atom stereocenters. The first-order valence-electron chi connectivity index (χ1n) is 11.5. The smallest absolute Gasteiger partial charge is 0.234 e. The molecule has 2 aromatic rings. The maximum Gasteiger partial charge on any atom is 0.234 e. The van der Waals surface area contributed by atoms with Crippen molar-refractivity contribution < 1.29 is 19.4 Å². The van der Waals surface area contributed by atoms with Crippen LogP contribution in [-0.4, -0.2) is 53.2 Å². The van der Waals surface area contributed by atoms with E-state index in [1.54, 1.807) is 6.20 Å². The third kappa shape index (κ3) is 7.21. The number of carbonyl (C=O) groups excluding carboxylic acids is 1. The number of ether oxygens (including phenoxy) is 2. The Kier molecular flexibility index (Phi) is 9.31. The van der Waals surface area contributed by atoms with E-state index in [4.69, 9.17) is 9.47 Å². The van der Waals surface area contributed by atoms with Gasteiger partial charge in [-0.15, -0.1) is 0 Å². The Morgan fingerprint density at radius 3 is 2.69 bits per heavy atom. The molecule has 0 bridgehead atoms. The standard InChI is InChI=1S/C25H35N3O4/c1-19(2)21(18-29)27-24(30)17-28-14-7-3-4-8-15-31-22-11-5-6-12-23(22)32-25-20(16-28)10-9-13-26-25/h5-6,9-13,19,21,29H,3-4,7-8,14-18H2,1-2H3,(H,27,30)/t21-/m1/s1. The predicted octanol–water partition coefficient (Wildman–Crippen LogP) is 3.76. The van der Waals surface area contributed by atoms with Gasteiger partial charge in [-0.2, -0.15) is 0 Å². The van der Waals surface area contributed by atoms with E-state index in [-0.39, 0.29) is 31.0 Å². The number of nitrogens with one attached hydrogen (secondary N) is 1. The minimum Gasteiger partial charge on any atom is -0.490 e. The third-order valence-corrected chi connectivity index (χ3v) is 5.64. The monoisotopic (exact) mass is 441 g/mol. The van der Waals surface area contributed by atoms with Crippen LogP contribution in [0.4, 0.5) is 0 Å². The quantitative estimate of drug-likeness (QED) is 0.735. The molecule has 7 heteroatoms. The number of aliphatic hydroxyl groups excluding tert-OH is 1. The van der Waals surface area contributed by atoms with Crippen LogP contribution in [0.25, 0.3) is 0 Å². The average molecular weight is 442 g/mol. The van der Waals surface area contributed by atoms with Gasteiger partial charge in [-0.3, -0.25) is 9.69 Å². The number of aromatic nitrogens is 1. The summed E-state index contributed by atoms with van der Waals surface area (Å²) in [4.78, 5) is 19.3. The molecule has 0 aliphatic carbocycles. The third-order valence-electron chi connectivity index (χ3n) is 5.64. The lowest BCUT2D eigenvalue weighted by Crippen LogP contribution is -2.46. The summed E-state index contributed by atoms with van der Waals surface area (Å²) in [6.45, 7) is 6.16. The van der Waals surface area contributed by atoms with E-state index in [9.17, 15) is 9.90 Å². The van der Waals surface area contributed by atoms with Gasteiger partial charge in [0, 0.05) is 18.3 Å². The first-order chi connectivity index (χ1) is 15.6. The summed E-state index contributed by atoms with van der Waals surface area (Å²) < 4.78 is 12.1. The minimum absolute atomic E-state index is 0.0640. The van der Waals surface area contributed by atoms with E-state index >= 15 is 0 Å². The highest BCUT2D eigenvalue weighted by molar-refractivity contribution is 5.78. The maximum atomic E-state index is 12.7. The number of para-hydroxylation sites is 2. The van der Waals surface area contributed by atoms with Crippen molar-refractivity contribution in [3.05, 3.63) is 48.2 Å². The highest BCUT2D eigenvalue weighted by Crippen LogP contribution is 2.32. The summed E-state index contributed by atoms with van der Waals surface area (Å²) in [6.07, 6.45) is 5.81. The van der Waals surface area contributed by atoms with Crippen LogP contribution in [0.5, 0.6) is 17.4 Å². The molecule has 0 saturated heterocycles. The van der Waals surface area contributed by atoms with Gasteiger partial charge in [0.05, 0.1) is 25.8 Å². The zero-order valence-electron chi connectivity index (χ0n) is 19.1. The highest BCUT2D eigenvalue weighted by atomic mass is 16.5. The second-order valence-corrected chi connectivity index (χ2v) is 8.59. The molecule has 1 aliphatic rings. The van der Waals surface area contributed by atoms with Gasteiger partial charge < -0.3 is 19.9 Å². The lowest BCUT2D eigenvalue weighted by Gasteiger charge is -2.25. The van der Waals surface area contributed by atoms with Gasteiger partial charge in [0.15, 0.2) is 11.5 Å². The lowest BCUT2D eigenvalue weighted by molar-refractivity contribution is -0.123. The molecule has 32 heavy (non-hydrogen) atoms. The Balaban J connectivity index is 1.79. The van der Waals surface area contributed by atoms with Crippen LogP contribution < -0.4 is 14.8 Å². The zero-order chi connectivity index (χ0) is 22.8. The first-order valence-corrected chi connectivity index (χ1v) is 11.5. The molecule has 7 nitrogen and oxygen atoms in total. The Hall–Kier alpha value is -2.64. The predicted molar refractivity (Wildman–Crippen MR) is 124 cm³/mol. The molecule has 1 aromatic carbocycles. The second kappa shape index (κ2) is 12.4. The lowest BCUT2D eigenvalue weighted by atomic mass is 10.1. The fourth-order valence-corrected chi connectivity index (χ4v) is 3.70. The van der Waals surface area contributed by atoms with Crippen molar-refractivity contribution in [2.75, 3.05) is 26.3 Å². The molecule has 0 spiro atoms. The van der Waals surface area contributed by atoms with Crippen molar-refractivity contribution in [2.24, 2.45) is 5.92 Å². The zero-order valence-corrected chi connectivity index (χ0v) is 19.1. The van der Waals surface area contributed by atoms with E-state index in [0.717, 1.165) is 37.8 Å². The summed E-state index contributed by atoms with van der Waals surface area (Å²) in [7, 11) is 0. The minimum atomic E-state index is -0.240. The number of carbonyl (C=O) groups is 1. The molecule has 174 valence electrons. The number of nitrogens with zero attached hydrogens (tertiary/aromatic N) is 2. The number of hydrogen-bond donors (Lipinski definition) is 2. The molecule has 0 unspecified atom stereocenters. The summed E-state index contributed by atoms with van der Waals surface area (Å²) in [6, 6.07) is 11.3. The van der Waals surface area contributed by atoms with Gasteiger partial charge in [0.25, 0.3) is 0 Å². The number of rotatable bonds is 5. The van der Waals surface area contributed by atoms with Gasteiger partial charge in [-0.05, 0) is 43.5 Å². The first kappa shape index (κ1) is 24.0. The molecule has 2 heterocycles. The van der Waals surface area contributed by atoms with E-state index < -0.39 is 0 Å². The largest absolute Gasteiger partial charge is 0.490 e. The van der Waals surface area contributed by atoms with Gasteiger partial charge in [-0.25, -0.2) is 4.98 Å². The van der Waals surface area contributed by atoms with Crippen molar-refractivity contribution in [1.29, 1.82) is 0 Å². The molecule has 1 aromatic heterocycles. The molecular weight excluding hydrogens is 406 g/mol. The summed E-state index contributed by atoms with van der Waals surface area (Å²) >= 11 is 0. The SMILES string of the molecule is CC(C)[C@@H](CO)NC(=O)CN1CCCCCCOc2ccccc2Oc2ncccc2C1. The fraction of sp³-hybridized carbons (Fsp3) is 0.520. The number of fused-ring (bicyclic) bond motifs is 2. The van der Waals surface area contributed by atoms with E-state index in [1.807, 2.05) is 50.2 Å². The van der Waals surface area contributed by atoms with Crippen LogP contribution >= 0.6 is 0 Å². The van der Waals surface area contributed by atoms with Crippen molar-refractivity contribution in [2.45, 2.75) is 52.1 Å². The van der Waals surface area contributed by atoms with Gasteiger partial charge in [0.1, 0.15) is 0 Å². The number of amides is 1. The van der Waals surface area contributed by atoms with Crippen molar-refractivity contribution in [1.82, 2.24) is 15.2 Å². The number of benzene rings is 1. The van der Waals surface area contributed by atoms with Gasteiger partial charge in [0.2, 0.25) is 11.8 Å². The molecule has 0 radical (unpaired) electrons. The van der Waals surface area contributed by atoms with Crippen LogP contribution in [0.3, 0.4) is 0 Å². The highest BCUT2D eigenvalue weighted by Gasteiger charge is 2.19. The van der Waals surface area contributed by atoms with Gasteiger partial charge in [-0.1, -0.05) is 44.9 Å². The molecule has 0 saturated carbocycles. The molecular formula is C25H35N3O4. The number of hydrogen-bond acceptors (Lipinski definition) is 6. The van der Waals surface area contributed by atoms with Crippen molar-refractivity contribution in [3.63, 3.8) is 0 Å². The summed E-state index contributed by atoms with van der Waals surface area (Å²) in [5.74, 6) is 1.95. The van der Waals surface area contributed by atoms with Crippen LogP contribution in [0.2, 0.25) is 0 Å². The second-order valence-electron chi connectivity index (χ2n) is 8.59. The Labute approximate surface area is 190 Å². The molecule has 1 amide bonds. The maximum absolute atomic E-state index is 12.7. The molecule has 3 rings (SSSR count). The van der Waals surface area contributed by atoms with Crippen LogP contribution in [0, 0.1) is 5.92 Å². The fourth-order valence-electron chi connectivity index (χ4n) is 3.70. The topological polar surface area (TPSA) is 83.9 Å². The number of aliphatic hydroxyl groups is 1.